The minimum atomic E-state index is -0.266. The molecule has 1 aromatic carbocycles. The predicted octanol–water partition coefficient (Wildman–Crippen LogP) is 2.70. The van der Waals surface area contributed by atoms with Crippen LogP contribution in [0.25, 0.3) is 0 Å². The third kappa shape index (κ3) is 2.95. The Morgan fingerprint density at radius 2 is 2.23 bits per heavy atom. The molecule has 0 amide bonds. The van der Waals surface area contributed by atoms with Crippen LogP contribution in [0.3, 0.4) is 0 Å². The average molecular weight is 320 g/mol. The molecule has 1 atom stereocenters. The normalized spacial score (nSPS) is 17.2. The van der Waals surface area contributed by atoms with Crippen LogP contribution in [0.2, 0.25) is 5.02 Å². The molecule has 2 heterocycles. The van der Waals surface area contributed by atoms with E-state index in [1.165, 1.54) is 0 Å². The molecular weight excluding hydrogens is 302 g/mol. The largest absolute Gasteiger partial charge is 0.473 e. The van der Waals surface area contributed by atoms with Gasteiger partial charge in [0.05, 0.1) is 0 Å². The molecule has 1 aliphatic rings. The third-order valence-corrected chi connectivity index (χ3v) is 4.27. The molecule has 3 rings (SSSR count). The molecule has 22 heavy (non-hydrogen) atoms. The SMILES string of the molecule is C[C@@H]1CCn2c(cc(OCc3cccc(Cl)c3)nc2=O)N1C. The average Bonchev–Trinajstić information content (AvgIpc) is 2.49. The lowest BCUT2D eigenvalue weighted by Gasteiger charge is -2.34. The Morgan fingerprint density at radius 3 is 3.00 bits per heavy atom. The van der Waals surface area contributed by atoms with Gasteiger partial charge in [-0.2, -0.15) is 4.98 Å². The van der Waals surface area contributed by atoms with E-state index >= 15 is 0 Å². The first-order valence-corrected chi connectivity index (χ1v) is 7.64. The summed E-state index contributed by atoms with van der Waals surface area (Å²) in [6, 6.07) is 9.65. The van der Waals surface area contributed by atoms with Gasteiger partial charge < -0.3 is 9.64 Å². The number of aromatic nitrogens is 2. The van der Waals surface area contributed by atoms with E-state index in [0.717, 1.165) is 17.8 Å². The number of benzene rings is 1. The molecule has 2 aromatic rings. The van der Waals surface area contributed by atoms with Crippen molar-refractivity contribution in [2.45, 2.75) is 32.5 Å². The molecule has 0 N–H and O–H groups in total. The van der Waals surface area contributed by atoms with Gasteiger partial charge in [0, 0.05) is 30.7 Å². The summed E-state index contributed by atoms with van der Waals surface area (Å²) in [5.74, 6) is 1.19. The number of fused-ring (bicyclic) bond motifs is 1. The van der Waals surface area contributed by atoms with Gasteiger partial charge in [0.1, 0.15) is 12.4 Å². The van der Waals surface area contributed by atoms with Crippen LogP contribution < -0.4 is 15.3 Å². The minimum Gasteiger partial charge on any atom is -0.473 e. The van der Waals surface area contributed by atoms with Crippen LogP contribution in [0.4, 0.5) is 5.82 Å². The molecule has 1 aromatic heterocycles. The number of ether oxygens (including phenoxy) is 1. The highest BCUT2D eigenvalue weighted by Crippen LogP contribution is 2.24. The first kappa shape index (κ1) is 14.9. The van der Waals surface area contributed by atoms with Gasteiger partial charge in [0.15, 0.2) is 0 Å². The smallest absolute Gasteiger partial charge is 0.352 e. The Bertz CT molecular complexity index is 744. The van der Waals surface area contributed by atoms with Gasteiger partial charge in [-0.25, -0.2) is 4.79 Å². The number of halogens is 1. The lowest BCUT2D eigenvalue weighted by Crippen LogP contribution is -2.41. The first-order chi connectivity index (χ1) is 10.5. The van der Waals surface area contributed by atoms with Crippen LogP contribution in [0.5, 0.6) is 5.88 Å². The van der Waals surface area contributed by atoms with E-state index in [1.807, 2.05) is 37.4 Å². The van der Waals surface area contributed by atoms with E-state index in [0.29, 0.717) is 30.1 Å². The van der Waals surface area contributed by atoms with E-state index in [4.69, 9.17) is 16.3 Å². The highest BCUT2D eigenvalue weighted by molar-refractivity contribution is 6.30. The van der Waals surface area contributed by atoms with Crippen LogP contribution in [0.1, 0.15) is 18.9 Å². The summed E-state index contributed by atoms with van der Waals surface area (Å²) in [5, 5.41) is 0.660. The van der Waals surface area contributed by atoms with E-state index in [9.17, 15) is 4.79 Å². The van der Waals surface area contributed by atoms with E-state index < -0.39 is 0 Å². The van der Waals surface area contributed by atoms with Crippen molar-refractivity contribution in [1.82, 2.24) is 9.55 Å². The second kappa shape index (κ2) is 6.01. The Morgan fingerprint density at radius 1 is 1.41 bits per heavy atom. The second-order valence-electron chi connectivity index (χ2n) is 5.55. The fourth-order valence-corrected chi connectivity index (χ4v) is 2.78. The lowest BCUT2D eigenvalue weighted by molar-refractivity contribution is 0.290. The highest BCUT2D eigenvalue weighted by Gasteiger charge is 2.22. The second-order valence-corrected chi connectivity index (χ2v) is 5.99. The number of hydrogen-bond donors (Lipinski definition) is 0. The fraction of sp³-hybridized carbons (Fsp3) is 0.375. The number of nitrogens with zero attached hydrogens (tertiary/aromatic N) is 3. The molecular formula is C16H18ClN3O2. The maximum absolute atomic E-state index is 12.1. The minimum absolute atomic E-state index is 0.266. The van der Waals surface area contributed by atoms with Gasteiger partial charge >= 0.3 is 5.69 Å². The van der Waals surface area contributed by atoms with Crippen LogP contribution in [-0.4, -0.2) is 22.6 Å². The van der Waals surface area contributed by atoms with Gasteiger partial charge in [-0.05, 0) is 31.0 Å². The molecule has 0 unspecified atom stereocenters. The zero-order chi connectivity index (χ0) is 15.7. The summed E-state index contributed by atoms with van der Waals surface area (Å²) in [7, 11) is 1.98. The molecule has 5 nitrogen and oxygen atoms in total. The van der Waals surface area contributed by atoms with Gasteiger partial charge in [-0.3, -0.25) is 4.57 Å². The van der Waals surface area contributed by atoms with Crippen LogP contribution in [0, 0.1) is 0 Å². The van der Waals surface area contributed by atoms with Crippen LogP contribution in [-0.2, 0) is 13.2 Å². The molecule has 0 saturated heterocycles. The van der Waals surface area contributed by atoms with E-state index in [1.54, 1.807) is 4.57 Å². The van der Waals surface area contributed by atoms with Crippen molar-refractivity contribution in [3.63, 3.8) is 0 Å². The standard InChI is InChI=1S/C16H18ClN3O2/c1-11-6-7-20-15(19(11)2)9-14(18-16(20)21)22-10-12-4-3-5-13(17)8-12/h3-5,8-9,11H,6-7,10H2,1-2H3/t11-/m1/s1. The zero-order valence-electron chi connectivity index (χ0n) is 12.6. The van der Waals surface area contributed by atoms with Gasteiger partial charge in [0.25, 0.3) is 0 Å². The Hall–Kier alpha value is -2.01. The Kier molecular flexibility index (Phi) is 4.07. The van der Waals surface area contributed by atoms with E-state index in [2.05, 4.69) is 16.8 Å². The molecule has 0 spiro atoms. The fourth-order valence-electron chi connectivity index (χ4n) is 2.57. The summed E-state index contributed by atoms with van der Waals surface area (Å²) in [6.45, 7) is 3.16. The summed E-state index contributed by atoms with van der Waals surface area (Å²) >= 11 is 5.95. The van der Waals surface area contributed by atoms with E-state index in [-0.39, 0.29) is 5.69 Å². The predicted molar refractivity (Wildman–Crippen MR) is 86.8 cm³/mol. The van der Waals surface area contributed by atoms with Crippen LogP contribution in [0.15, 0.2) is 35.1 Å². The van der Waals surface area contributed by atoms with Crippen molar-refractivity contribution < 1.29 is 4.74 Å². The summed E-state index contributed by atoms with van der Waals surface area (Å²) in [5.41, 5.74) is 0.672. The van der Waals surface area contributed by atoms with Crippen molar-refractivity contribution in [2.75, 3.05) is 11.9 Å². The molecule has 0 saturated carbocycles. The quantitative estimate of drug-likeness (QED) is 0.872. The molecule has 6 heteroatoms. The Balaban J connectivity index is 1.83. The van der Waals surface area contributed by atoms with Crippen molar-refractivity contribution in [1.29, 1.82) is 0 Å². The van der Waals surface area contributed by atoms with Gasteiger partial charge in [-0.1, -0.05) is 23.7 Å². The van der Waals surface area contributed by atoms with Crippen LogP contribution >= 0.6 is 11.6 Å². The summed E-state index contributed by atoms with van der Waals surface area (Å²) in [6.07, 6.45) is 0.938. The number of anilines is 1. The Labute approximate surface area is 134 Å². The van der Waals surface area contributed by atoms with Crippen molar-refractivity contribution in [2.24, 2.45) is 0 Å². The zero-order valence-corrected chi connectivity index (χ0v) is 13.4. The number of hydrogen-bond acceptors (Lipinski definition) is 4. The molecule has 0 bridgehead atoms. The van der Waals surface area contributed by atoms with Gasteiger partial charge in [0.2, 0.25) is 5.88 Å². The lowest BCUT2D eigenvalue weighted by atomic mass is 10.1. The number of rotatable bonds is 3. The van der Waals surface area contributed by atoms with Crippen molar-refractivity contribution in [3.8, 4) is 5.88 Å². The summed E-state index contributed by atoms with van der Waals surface area (Å²) < 4.78 is 7.35. The molecule has 1 aliphatic heterocycles. The first-order valence-electron chi connectivity index (χ1n) is 7.26. The van der Waals surface area contributed by atoms with Gasteiger partial charge in [-0.15, -0.1) is 0 Å². The maximum Gasteiger partial charge on any atom is 0.352 e. The molecule has 0 radical (unpaired) electrons. The molecule has 0 aliphatic carbocycles. The monoisotopic (exact) mass is 319 g/mol. The topological polar surface area (TPSA) is 47.4 Å². The third-order valence-electron chi connectivity index (χ3n) is 4.03. The highest BCUT2D eigenvalue weighted by atomic mass is 35.5. The maximum atomic E-state index is 12.1. The molecule has 0 fully saturated rings. The van der Waals surface area contributed by atoms with Crippen molar-refractivity contribution >= 4 is 17.4 Å². The molecule has 116 valence electrons. The van der Waals surface area contributed by atoms with Crippen molar-refractivity contribution in [3.05, 3.63) is 51.4 Å². The summed E-state index contributed by atoms with van der Waals surface area (Å²) in [4.78, 5) is 18.2.